The fraction of sp³-hybridized carbons (Fsp3) is 0.467. The molecule has 5 nitrogen and oxygen atoms in total. The number of hydrogen-bond donors (Lipinski definition) is 2. The summed E-state index contributed by atoms with van der Waals surface area (Å²) in [7, 11) is 1.97. The molecular formula is C15H22N4O. The third-order valence-corrected chi connectivity index (χ3v) is 3.22. The lowest BCUT2D eigenvalue weighted by atomic mass is 10.2. The van der Waals surface area contributed by atoms with Crippen molar-refractivity contribution in [3.8, 4) is 6.07 Å². The largest absolute Gasteiger partial charge is 0.399 e. The predicted octanol–water partition coefficient (Wildman–Crippen LogP) is 2.22. The van der Waals surface area contributed by atoms with E-state index in [0.29, 0.717) is 18.5 Å². The maximum atomic E-state index is 11.8. The number of benzene rings is 1. The van der Waals surface area contributed by atoms with E-state index in [9.17, 15) is 4.79 Å². The van der Waals surface area contributed by atoms with Gasteiger partial charge < -0.3 is 16.0 Å². The molecule has 0 bridgehead atoms. The zero-order valence-corrected chi connectivity index (χ0v) is 12.1. The Hall–Kier alpha value is -2.06. The number of nitriles is 1. The van der Waals surface area contributed by atoms with Gasteiger partial charge in [0.2, 0.25) is 5.91 Å². The number of hydrogen-bond acceptors (Lipinski definition) is 4. The first-order valence-corrected chi connectivity index (χ1v) is 6.75. The minimum Gasteiger partial charge on any atom is -0.399 e. The molecule has 1 unspecified atom stereocenters. The van der Waals surface area contributed by atoms with Crippen LogP contribution in [0.5, 0.6) is 0 Å². The standard InChI is InChI=1S/C15H22N4O/c1-12(8-9-16)19(2)10-4-7-15(20)18-14-6-3-5-13(17)11-14/h3,5-6,11-12H,4,7-8,10,17H2,1-2H3,(H,18,20). The Morgan fingerprint density at radius 2 is 2.30 bits per heavy atom. The van der Waals surface area contributed by atoms with Crippen LogP contribution in [0, 0.1) is 11.3 Å². The number of amides is 1. The number of nitrogens with zero attached hydrogens (tertiary/aromatic N) is 2. The summed E-state index contributed by atoms with van der Waals surface area (Å²) < 4.78 is 0. The molecule has 0 aliphatic carbocycles. The lowest BCUT2D eigenvalue weighted by molar-refractivity contribution is -0.116. The monoisotopic (exact) mass is 274 g/mol. The molecule has 0 heterocycles. The fourth-order valence-corrected chi connectivity index (χ4v) is 1.84. The van der Waals surface area contributed by atoms with Gasteiger partial charge in [0, 0.05) is 23.8 Å². The number of anilines is 2. The van der Waals surface area contributed by atoms with Crippen molar-refractivity contribution in [1.82, 2.24) is 4.90 Å². The summed E-state index contributed by atoms with van der Waals surface area (Å²) in [4.78, 5) is 13.9. The fourth-order valence-electron chi connectivity index (χ4n) is 1.84. The molecule has 0 spiro atoms. The van der Waals surface area contributed by atoms with Crippen LogP contribution in [-0.4, -0.2) is 30.4 Å². The molecule has 0 saturated heterocycles. The van der Waals surface area contributed by atoms with E-state index >= 15 is 0 Å². The predicted molar refractivity (Wildman–Crippen MR) is 81.0 cm³/mol. The molecule has 0 aliphatic heterocycles. The molecule has 3 N–H and O–H groups in total. The van der Waals surface area contributed by atoms with Crippen LogP contribution in [0.1, 0.15) is 26.2 Å². The van der Waals surface area contributed by atoms with Gasteiger partial charge >= 0.3 is 0 Å². The van der Waals surface area contributed by atoms with Crippen LogP contribution in [-0.2, 0) is 4.79 Å². The number of nitrogen functional groups attached to an aromatic ring is 1. The van der Waals surface area contributed by atoms with Crippen LogP contribution < -0.4 is 11.1 Å². The van der Waals surface area contributed by atoms with Gasteiger partial charge in [0.25, 0.3) is 0 Å². The van der Waals surface area contributed by atoms with E-state index in [2.05, 4.69) is 16.3 Å². The number of carbonyl (C=O) groups excluding carboxylic acids is 1. The Kier molecular flexibility index (Phi) is 6.54. The summed E-state index contributed by atoms with van der Waals surface area (Å²) >= 11 is 0. The van der Waals surface area contributed by atoms with Crippen molar-refractivity contribution in [3.05, 3.63) is 24.3 Å². The highest BCUT2D eigenvalue weighted by molar-refractivity contribution is 5.91. The lowest BCUT2D eigenvalue weighted by Crippen LogP contribution is -2.30. The van der Waals surface area contributed by atoms with Gasteiger partial charge in [-0.3, -0.25) is 4.79 Å². The maximum absolute atomic E-state index is 11.8. The van der Waals surface area contributed by atoms with Crippen molar-refractivity contribution in [2.24, 2.45) is 0 Å². The lowest BCUT2D eigenvalue weighted by Gasteiger charge is -2.22. The van der Waals surface area contributed by atoms with Crippen LogP contribution >= 0.6 is 0 Å². The van der Waals surface area contributed by atoms with E-state index in [1.54, 1.807) is 12.1 Å². The van der Waals surface area contributed by atoms with Crippen molar-refractivity contribution < 1.29 is 4.79 Å². The quantitative estimate of drug-likeness (QED) is 0.747. The molecule has 1 amide bonds. The summed E-state index contributed by atoms with van der Waals surface area (Å²) in [6, 6.07) is 9.51. The Balaban J connectivity index is 2.29. The van der Waals surface area contributed by atoms with Gasteiger partial charge in [0.15, 0.2) is 0 Å². The van der Waals surface area contributed by atoms with Gasteiger partial charge in [-0.1, -0.05) is 6.07 Å². The zero-order chi connectivity index (χ0) is 15.0. The van der Waals surface area contributed by atoms with Gasteiger partial charge in [-0.25, -0.2) is 0 Å². The van der Waals surface area contributed by atoms with E-state index < -0.39 is 0 Å². The number of carbonyl (C=O) groups is 1. The molecule has 0 aromatic heterocycles. The Bertz CT molecular complexity index is 481. The van der Waals surface area contributed by atoms with Crippen molar-refractivity contribution in [1.29, 1.82) is 5.26 Å². The number of nitrogens with two attached hydrogens (primary N) is 1. The number of rotatable bonds is 7. The topological polar surface area (TPSA) is 82.2 Å². The highest BCUT2D eigenvalue weighted by atomic mass is 16.1. The van der Waals surface area contributed by atoms with Crippen molar-refractivity contribution in [2.75, 3.05) is 24.6 Å². The third kappa shape index (κ3) is 5.72. The van der Waals surface area contributed by atoms with Crippen LogP contribution in [0.3, 0.4) is 0 Å². The second kappa shape index (κ2) is 8.18. The smallest absolute Gasteiger partial charge is 0.224 e. The highest BCUT2D eigenvalue weighted by Gasteiger charge is 2.09. The molecule has 0 radical (unpaired) electrons. The molecule has 0 aliphatic rings. The minimum atomic E-state index is -0.0167. The van der Waals surface area contributed by atoms with Gasteiger partial charge in [0.05, 0.1) is 12.5 Å². The number of nitrogens with one attached hydrogen (secondary N) is 1. The molecule has 20 heavy (non-hydrogen) atoms. The molecule has 1 rings (SSSR count). The highest BCUT2D eigenvalue weighted by Crippen LogP contribution is 2.12. The second-order valence-corrected chi connectivity index (χ2v) is 4.97. The SMILES string of the molecule is CC(CC#N)N(C)CCCC(=O)Nc1cccc(N)c1. The van der Waals surface area contributed by atoms with Crippen LogP contribution in [0.4, 0.5) is 11.4 Å². The third-order valence-electron chi connectivity index (χ3n) is 3.22. The normalized spacial score (nSPS) is 11.9. The first-order valence-electron chi connectivity index (χ1n) is 6.75. The maximum Gasteiger partial charge on any atom is 0.224 e. The average molecular weight is 274 g/mol. The van der Waals surface area contributed by atoms with Gasteiger partial charge in [-0.15, -0.1) is 0 Å². The molecular weight excluding hydrogens is 252 g/mol. The summed E-state index contributed by atoms with van der Waals surface area (Å²) in [5.74, 6) is -0.0167. The summed E-state index contributed by atoms with van der Waals surface area (Å²) in [6.07, 6.45) is 1.73. The summed E-state index contributed by atoms with van der Waals surface area (Å²) in [5.41, 5.74) is 7.01. The van der Waals surface area contributed by atoms with E-state index in [0.717, 1.165) is 18.7 Å². The second-order valence-electron chi connectivity index (χ2n) is 4.97. The van der Waals surface area contributed by atoms with Gasteiger partial charge in [0.1, 0.15) is 0 Å². The van der Waals surface area contributed by atoms with E-state index in [1.165, 1.54) is 0 Å². The molecule has 0 fully saturated rings. The summed E-state index contributed by atoms with van der Waals surface area (Å²) in [6.45, 7) is 2.81. The molecule has 5 heteroatoms. The van der Waals surface area contributed by atoms with E-state index in [1.807, 2.05) is 26.1 Å². The Labute approximate surface area is 120 Å². The molecule has 1 aromatic rings. The Morgan fingerprint density at radius 1 is 1.55 bits per heavy atom. The Morgan fingerprint density at radius 3 is 2.95 bits per heavy atom. The molecule has 1 atom stereocenters. The molecule has 0 saturated carbocycles. The van der Waals surface area contributed by atoms with Crippen LogP contribution in [0.15, 0.2) is 24.3 Å². The van der Waals surface area contributed by atoms with Crippen molar-refractivity contribution in [2.45, 2.75) is 32.2 Å². The summed E-state index contributed by atoms with van der Waals surface area (Å²) in [5, 5.41) is 11.5. The van der Waals surface area contributed by atoms with Crippen molar-refractivity contribution >= 4 is 17.3 Å². The van der Waals surface area contributed by atoms with Gasteiger partial charge in [-0.05, 0) is 45.1 Å². The first-order chi connectivity index (χ1) is 9.52. The average Bonchev–Trinajstić information content (AvgIpc) is 2.38. The first kappa shape index (κ1) is 16.0. The van der Waals surface area contributed by atoms with E-state index in [4.69, 9.17) is 11.0 Å². The van der Waals surface area contributed by atoms with Gasteiger partial charge in [-0.2, -0.15) is 5.26 Å². The van der Waals surface area contributed by atoms with Crippen molar-refractivity contribution in [3.63, 3.8) is 0 Å². The van der Waals surface area contributed by atoms with E-state index in [-0.39, 0.29) is 11.9 Å². The zero-order valence-electron chi connectivity index (χ0n) is 12.1. The van der Waals surface area contributed by atoms with Crippen LogP contribution in [0.2, 0.25) is 0 Å². The van der Waals surface area contributed by atoms with Crippen LogP contribution in [0.25, 0.3) is 0 Å². The minimum absolute atomic E-state index is 0.0167. The molecule has 1 aromatic carbocycles. The molecule has 108 valence electrons.